The van der Waals surface area contributed by atoms with Crippen molar-refractivity contribution in [2.24, 2.45) is 11.3 Å². The SMILES string of the molecule is CC(C)CC1(C(=O)N2CCC3CCC(C2)N3)CCC1. The predicted octanol–water partition coefficient (Wildman–Crippen LogP) is 2.56. The Morgan fingerprint density at radius 3 is 2.63 bits per heavy atom. The van der Waals surface area contributed by atoms with E-state index in [4.69, 9.17) is 0 Å². The minimum atomic E-state index is 0.0117. The van der Waals surface area contributed by atoms with Gasteiger partial charge in [0.1, 0.15) is 0 Å². The highest BCUT2D eigenvalue weighted by Crippen LogP contribution is 2.47. The van der Waals surface area contributed by atoms with Crippen molar-refractivity contribution >= 4 is 5.91 Å². The van der Waals surface area contributed by atoms with Crippen molar-refractivity contribution in [1.82, 2.24) is 10.2 Å². The second-order valence-electron chi connectivity index (χ2n) is 7.41. The number of carbonyl (C=O) groups excluding carboxylic acids is 1. The van der Waals surface area contributed by atoms with Crippen LogP contribution < -0.4 is 5.32 Å². The van der Waals surface area contributed by atoms with Crippen molar-refractivity contribution < 1.29 is 4.79 Å². The van der Waals surface area contributed by atoms with Crippen molar-refractivity contribution in [3.63, 3.8) is 0 Å². The quantitative estimate of drug-likeness (QED) is 0.849. The molecule has 3 aliphatic rings. The van der Waals surface area contributed by atoms with Gasteiger partial charge in [0.25, 0.3) is 0 Å². The molecule has 2 bridgehead atoms. The zero-order valence-corrected chi connectivity index (χ0v) is 12.5. The molecule has 108 valence electrons. The summed E-state index contributed by atoms with van der Waals surface area (Å²) < 4.78 is 0. The summed E-state index contributed by atoms with van der Waals surface area (Å²) in [7, 11) is 0. The van der Waals surface area contributed by atoms with Gasteiger partial charge in [0.15, 0.2) is 0 Å². The molecule has 2 heterocycles. The Labute approximate surface area is 117 Å². The lowest BCUT2D eigenvalue weighted by atomic mass is 9.63. The van der Waals surface area contributed by atoms with E-state index >= 15 is 0 Å². The fraction of sp³-hybridized carbons (Fsp3) is 0.938. The van der Waals surface area contributed by atoms with E-state index in [1.54, 1.807) is 0 Å². The van der Waals surface area contributed by atoms with Crippen LogP contribution in [-0.2, 0) is 4.79 Å². The summed E-state index contributed by atoms with van der Waals surface area (Å²) in [5.74, 6) is 1.10. The fourth-order valence-electron chi connectivity index (χ4n) is 4.35. The van der Waals surface area contributed by atoms with Gasteiger partial charge in [-0.15, -0.1) is 0 Å². The minimum Gasteiger partial charge on any atom is -0.341 e. The van der Waals surface area contributed by atoms with Gasteiger partial charge in [-0.1, -0.05) is 20.3 Å². The summed E-state index contributed by atoms with van der Waals surface area (Å²) in [5.41, 5.74) is 0.0117. The summed E-state index contributed by atoms with van der Waals surface area (Å²) in [5, 5.41) is 3.67. The molecule has 3 heteroatoms. The molecular weight excluding hydrogens is 236 g/mol. The summed E-state index contributed by atoms with van der Waals surface area (Å²) in [6.45, 7) is 6.43. The van der Waals surface area contributed by atoms with Gasteiger partial charge >= 0.3 is 0 Å². The smallest absolute Gasteiger partial charge is 0.228 e. The molecule has 0 aromatic rings. The van der Waals surface area contributed by atoms with Gasteiger partial charge in [0.05, 0.1) is 0 Å². The first-order chi connectivity index (χ1) is 9.09. The summed E-state index contributed by atoms with van der Waals surface area (Å²) in [4.78, 5) is 15.2. The van der Waals surface area contributed by atoms with Crippen molar-refractivity contribution in [3.8, 4) is 0 Å². The standard InChI is InChI=1S/C16H28N2O/c1-12(2)10-16(7-3-8-16)15(19)18-9-6-13-4-5-14(11-18)17-13/h12-14,17H,3-11H2,1-2H3. The first-order valence-electron chi connectivity index (χ1n) is 8.14. The molecule has 3 fully saturated rings. The number of hydrogen-bond acceptors (Lipinski definition) is 2. The van der Waals surface area contributed by atoms with Gasteiger partial charge in [0.2, 0.25) is 5.91 Å². The monoisotopic (exact) mass is 264 g/mol. The minimum absolute atomic E-state index is 0.0117. The van der Waals surface area contributed by atoms with E-state index in [1.807, 2.05) is 0 Å². The van der Waals surface area contributed by atoms with Gasteiger partial charge < -0.3 is 10.2 Å². The number of nitrogens with one attached hydrogen (secondary N) is 1. The van der Waals surface area contributed by atoms with Crippen molar-refractivity contribution in [2.45, 2.75) is 70.9 Å². The molecule has 2 atom stereocenters. The van der Waals surface area contributed by atoms with Crippen LogP contribution in [0.25, 0.3) is 0 Å². The highest BCUT2D eigenvalue weighted by atomic mass is 16.2. The molecule has 2 aliphatic heterocycles. The zero-order chi connectivity index (χ0) is 13.5. The lowest BCUT2D eigenvalue weighted by Crippen LogP contribution is -2.50. The third kappa shape index (κ3) is 2.54. The van der Waals surface area contributed by atoms with Crippen LogP contribution >= 0.6 is 0 Å². The van der Waals surface area contributed by atoms with E-state index in [-0.39, 0.29) is 5.41 Å². The Balaban J connectivity index is 1.68. The van der Waals surface area contributed by atoms with E-state index in [0.717, 1.165) is 38.8 Å². The largest absolute Gasteiger partial charge is 0.341 e. The topological polar surface area (TPSA) is 32.3 Å². The maximum Gasteiger partial charge on any atom is 0.228 e. The van der Waals surface area contributed by atoms with Crippen LogP contribution in [0.5, 0.6) is 0 Å². The zero-order valence-electron chi connectivity index (χ0n) is 12.5. The van der Waals surface area contributed by atoms with Crippen molar-refractivity contribution in [2.75, 3.05) is 13.1 Å². The molecule has 1 saturated carbocycles. The molecular formula is C16H28N2O. The Morgan fingerprint density at radius 2 is 2.00 bits per heavy atom. The maximum atomic E-state index is 13.0. The fourth-order valence-corrected chi connectivity index (χ4v) is 4.35. The Morgan fingerprint density at radius 1 is 1.26 bits per heavy atom. The van der Waals surface area contributed by atoms with Crippen molar-refractivity contribution in [1.29, 1.82) is 0 Å². The predicted molar refractivity (Wildman–Crippen MR) is 76.9 cm³/mol. The molecule has 1 amide bonds. The Bertz CT molecular complexity index is 349. The van der Waals surface area contributed by atoms with Crippen LogP contribution in [-0.4, -0.2) is 36.0 Å². The van der Waals surface area contributed by atoms with Crippen LogP contribution in [0.15, 0.2) is 0 Å². The number of likely N-dealkylation sites (tertiary alicyclic amines) is 1. The third-order valence-corrected chi connectivity index (χ3v) is 5.37. The number of rotatable bonds is 3. The normalized spacial score (nSPS) is 33.1. The summed E-state index contributed by atoms with van der Waals surface area (Å²) >= 11 is 0. The average Bonchev–Trinajstić information content (AvgIpc) is 2.62. The molecule has 19 heavy (non-hydrogen) atoms. The van der Waals surface area contributed by atoms with E-state index in [2.05, 4.69) is 24.1 Å². The van der Waals surface area contributed by atoms with Gasteiger partial charge in [-0.3, -0.25) is 4.79 Å². The highest BCUT2D eigenvalue weighted by molar-refractivity contribution is 5.83. The Kier molecular flexibility index (Phi) is 3.59. The molecule has 2 unspecified atom stereocenters. The van der Waals surface area contributed by atoms with E-state index in [1.165, 1.54) is 19.3 Å². The van der Waals surface area contributed by atoms with Gasteiger partial charge in [-0.05, 0) is 44.4 Å². The van der Waals surface area contributed by atoms with E-state index in [9.17, 15) is 4.79 Å². The lowest BCUT2D eigenvalue weighted by molar-refractivity contribution is -0.149. The van der Waals surface area contributed by atoms with Gasteiger partial charge in [0, 0.05) is 30.6 Å². The summed E-state index contributed by atoms with van der Waals surface area (Å²) in [6, 6.07) is 1.23. The number of nitrogens with zero attached hydrogens (tertiary/aromatic N) is 1. The summed E-state index contributed by atoms with van der Waals surface area (Å²) in [6.07, 6.45) is 8.31. The molecule has 1 N–H and O–H groups in total. The molecule has 0 aromatic heterocycles. The molecule has 3 rings (SSSR count). The van der Waals surface area contributed by atoms with Crippen LogP contribution in [0, 0.1) is 11.3 Å². The van der Waals surface area contributed by atoms with Crippen LogP contribution in [0.4, 0.5) is 0 Å². The maximum absolute atomic E-state index is 13.0. The van der Waals surface area contributed by atoms with Gasteiger partial charge in [-0.2, -0.15) is 0 Å². The van der Waals surface area contributed by atoms with Crippen LogP contribution in [0.2, 0.25) is 0 Å². The molecule has 2 saturated heterocycles. The van der Waals surface area contributed by atoms with E-state index < -0.39 is 0 Å². The Hall–Kier alpha value is -0.570. The molecule has 0 radical (unpaired) electrons. The molecule has 0 aromatic carbocycles. The number of amides is 1. The molecule has 0 spiro atoms. The highest BCUT2D eigenvalue weighted by Gasteiger charge is 2.47. The second kappa shape index (κ2) is 5.08. The number of carbonyl (C=O) groups is 1. The first-order valence-corrected chi connectivity index (χ1v) is 8.14. The first kappa shape index (κ1) is 13.4. The number of hydrogen-bond donors (Lipinski definition) is 1. The van der Waals surface area contributed by atoms with E-state index in [0.29, 0.717) is 23.9 Å². The third-order valence-electron chi connectivity index (χ3n) is 5.37. The second-order valence-corrected chi connectivity index (χ2v) is 7.41. The molecule has 3 nitrogen and oxygen atoms in total. The van der Waals surface area contributed by atoms with Crippen molar-refractivity contribution in [3.05, 3.63) is 0 Å². The molecule has 1 aliphatic carbocycles. The lowest BCUT2D eigenvalue weighted by Gasteiger charge is -2.45. The number of fused-ring (bicyclic) bond motifs is 2. The van der Waals surface area contributed by atoms with Crippen LogP contribution in [0.3, 0.4) is 0 Å². The van der Waals surface area contributed by atoms with Crippen LogP contribution in [0.1, 0.15) is 58.8 Å². The van der Waals surface area contributed by atoms with Gasteiger partial charge in [-0.25, -0.2) is 0 Å². The average molecular weight is 264 g/mol.